The number of benzene rings is 1. The first kappa shape index (κ1) is 9.89. The summed E-state index contributed by atoms with van der Waals surface area (Å²) in [7, 11) is 1.92. The fourth-order valence-electron chi connectivity index (χ4n) is 2.02. The Bertz CT molecular complexity index is 696. The summed E-state index contributed by atoms with van der Waals surface area (Å²) in [6, 6.07) is 7.75. The van der Waals surface area contributed by atoms with Crippen LogP contribution in [0.3, 0.4) is 0 Å². The fraction of sp³-hybridized carbons (Fsp3) is 0.167. The van der Waals surface area contributed by atoms with E-state index in [9.17, 15) is 0 Å². The van der Waals surface area contributed by atoms with E-state index in [4.69, 9.17) is 10.3 Å². The highest BCUT2D eigenvalue weighted by atomic mass is 16.5. The Morgan fingerprint density at radius 2 is 2.12 bits per heavy atom. The van der Waals surface area contributed by atoms with E-state index in [0.29, 0.717) is 11.6 Å². The van der Waals surface area contributed by atoms with Crippen molar-refractivity contribution < 1.29 is 4.52 Å². The average Bonchev–Trinajstić information content (AvgIpc) is 2.85. The number of anilines is 1. The van der Waals surface area contributed by atoms with Crippen molar-refractivity contribution in [3.05, 3.63) is 30.0 Å². The molecule has 2 aromatic heterocycles. The molecule has 3 rings (SSSR count). The molecule has 3 aromatic rings. The van der Waals surface area contributed by atoms with Gasteiger partial charge in [0, 0.05) is 24.1 Å². The van der Waals surface area contributed by atoms with Gasteiger partial charge in [0.05, 0.1) is 11.2 Å². The maximum atomic E-state index is 5.54. The van der Waals surface area contributed by atoms with Gasteiger partial charge in [-0.3, -0.25) is 4.68 Å². The van der Waals surface area contributed by atoms with Crippen LogP contribution in [0.4, 0.5) is 5.82 Å². The van der Waals surface area contributed by atoms with Gasteiger partial charge in [0.2, 0.25) is 0 Å². The van der Waals surface area contributed by atoms with Gasteiger partial charge in [0.25, 0.3) is 0 Å². The van der Waals surface area contributed by atoms with Gasteiger partial charge in [-0.15, -0.1) is 0 Å². The van der Waals surface area contributed by atoms with Crippen LogP contribution in [0.1, 0.15) is 5.69 Å². The van der Waals surface area contributed by atoms with Gasteiger partial charge in [0.15, 0.2) is 11.6 Å². The molecule has 5 nitrogen and oxygen atoms in total. The number of rotatable bonds is 1. The van der Waals surface area contributed by atoms with Crippen LogP contribution < -0.4 is 5.73 Å². The lowest BCUT2D eigenvalue weighted by atomic mass is 10.1. The number of nitrogens with two attached hydrogens (primary N) is 1. The molecule has 5 heteroatoms. The fourth-order valence-corrected chi connectivity index (χ4v) is 2.02. The van der Waals surface area contributed by atoms with E-state index in [2.05, 4.69) is 10.3 Å². The summed E-state index contributed by atoms with van der Waals surface area (Å²) >= 11 is 0. The van der Waals surface area contributed by atoms with Gasteiger partial charge in [-0.25, -0.2) is 0 Å². The summed E-state index contributed by atoms with van der Waals surface area (Å²) < 4.78 is 7.00. The molecule has 0 aliphatic heterocycles. The molecule has 17 heavy (non-hydrogen) atoms. The first-order chi connectivity index (χ1) is 8.15. The van der Waals surface area contributed by atoms with Crippen molar-refractivity contribution in [3.63, 3.8) is 0 Å². The monoisotopic (exact) mass is 228 g/mol. The van der Waals surface area contributed by atoms with Gasteiger partial charge in [0.1, 0.15) is 0 Å². The van der Waals surface area contributed by atoms with Crippen molar-refractivity contribution in [2.24, 2.45) is 7.05 Å². The number of aryl methyl sites for hydroxylation is 2. The Hall–Kier alpha value is -2.30. The van der Waals surface area contributed by atoms with Crippen LogP contribution in [0.2, 0.25) is 0 Å². The maximum Gasteiger partial charge on any atom is 0.169 e. The lowest BCUT2D eigenvalue weighted by Gasteiger charge is -1.97. The topological polar surface area (TPSA) is 69.9 Å². The molecule has 0 radical (unpaired) electrons. The molecule has 0 aliphatic carbocycles. The van der Waals surface area contributed by atoms with Crippen molar-refractivity contribution in [2.75, 3.05) is 5.73 Å². The Morgan fingerprint density at radius 1 is 1.29 bits per heavy atom. The quantitative estimate of drug-likeness (QED) is 0.692. The van der Waals surface area contributed by atoms with E-state index in [-0.39, 0.29) is 0 Å². The lowest BCUT2D eigenvalue weighted by molar-refractivity contribution is 0.436. The Labute approximate surface area is 97.8 Å². The molecule has 0 fully saturated rings. The molecular formula is C12H12N4O. The highest BCUT2D eigenvalue weighted by Crippen LogP contribution is 2.26. The summed E-state index contributed by atoms with van der Waals surface area (Å²) in [5.41, 5.74) is 8.57. The van der Waals surface area contributed by atoms with Crippen molar-refractivity contribution in [3.8, 4) is 11.3 Å². The molecule has 0 bridgehead atoms. The van der Waals surface area contributed by atoms with E-state index in [0.717, 1.165) is 22.2 Å². The van der Waals surface area contributed by atoms with Crippen LogP contribution in [0.15, 0.2) is 28.8 Å². The molecular weight excluding hydrogens is 216 g/mol. The average molecular weight is 228 g/mol. The SMILES string of the molecule is Cc1nn(C)c2cc(-c3cc(N)no3)ccc12. The highest BCUT2D eigenvalue weighted by Gasteiger charge is 2.09. The second-order valence-corrected chi connectivity index (χ2v) is 4.06. The van der Waals surface area contributed by atoms with Gasteiger partial charge >= 0.3 is 0 Å². The van der Waals surface area contributed by atoms with Crippen LogP contribution in [-0.4, -0.2) is 14.9 Å². The van der Waals surface area contributed by atoms with Crippen LogP contribution in [0.25, 0.3) is 22.2 Å². The molecule has 2 heterocycles. The normalized spacial score (nSPS) is 11.2. The number of hydrogen-bond donors (Lipinski definition) is 1. The molecule has 2 N–H and O–H groups in total. The van der Waals surface area contributed by atoms with E-state index < -0.39 is 0 Å². The smallest absolute Gasteiger partial charge is 0.169 e. The molecule has 1 aromatic carbocycles. The standard InChI is InChI=1S/C12H12N4O/c1-7-9-4-3-8(5-10(9)16(2)14-7)11-6-12(13)15-17-11/h3-6H,1-2H3,(H2,13,15). The Morgan fingerprint density at radius 3 is 2.82 bits per heavy atom. The largest absolute Gasteiger partial charge is 0.381 e. The number of nitrogens with zero attached hydrogens (tertiary/aromatic N) is 3. The summed E-state index contributed by atoms with van der Waals surface area (Å²) in [6.45, 7) is 1.99. The maximum absolute atomic E-state index is 5.54. The third-order valence-electron chi connectivity index (χ3n) is 2.85. The van der Waals surface area contributed by atoms with Gasteiger partial charge < -0.3 is 10.3 Å². The van der Waals surface area contributed by atoms with Crippen LogP contribution >= 0.6 is 0 Å². The zero-order chi connectivity index (χ0) is 12.0. The van der Waals surface area contributed by atoms with Crippen LogP contribution in [0.5, 0.6) is 0 Å². The number of nitrogen functional groups attached to an aromatic ring is 1. The minimum absolute atomic E-state index is 0.390. The van der Waals surface area contributed by atoms with Gasteiger partial charge in [-0.2, -0.15) is 5.10 Å². The zero-order valence-electron chi connectivity index (χ0n) is 9.64. The molecule has 0 spiro atoms. The molecule has 0 atom stereocenters. The first-order valence-electron chi connectivity index (χ1n) is 5.31. The van der Waals surface area contributed by atoms with Crippen molar-refractivity contribution in [1.82, 2.24) is 14.9 Å². The third kappa shape index (κ3) is 1.47. The second-order valence-electron chi connectivity index (χ2n) is 4.06. The lowest BCUT2D eigenvalue weighted by Crippen LogP contribution is -1.89. The van der Waals surface area contributed by atoms with Crippen molar-refractivity contribution in [1.29, 1.82) is 0 Å². The number of hydrogen-bond acceptors (Lipinski definition) is 4. The molecule has 86 valence electrons. The molecule has 0 unspecified atom stereocenters. The summed E-state index contributed by atoms with van der Waals surface area (Å²) in [4.78, 5) is 0. The Kier molecular flexibility index (Phi) is 1.95. The number of fused-ring (bicyclic) bond motifs is 1. The first-order valence-corrected chi connectivity index (χ1v) is 5.31. The van der Waals surface area contributed by atoms with E-state index in [1.807, 2.05) is 36.9 Å². The molecule has 0 amide bonds. The summed E-state index contributed by atoms with van der Waals surface area (Å²) in [5.74, 6) is 1.06. The van der Waals surface area contributed by atoms with Crippen LogP contribution in [0, 0.1) is 6.92 Å². The minimum Gasteiger partial charge on any atom is -0.381 e. The second kappa shape index (κ2) is 3.35. The minimum atomic E-state index is 0.390. The van der Waals surface area contributed by atoms with Gasteiger partial charge in [-0.1, -0.05) is 17.3 Å². The Balaban J connectivity index is 2.22. The van der Waals surface area contributed by atoms with E-state index >= 15 is 0 Å². The molecule has 0 saturated heterocycles. The van der Waals surface area contributed by atoms with Crippen LogP contribution in [-0.2, 0) is 7.05 Å². The predicted molar refractivity (Wildman–Crippen MR) is 65.4 cm³/mol. The van der Waals surface area contributed by atoms with E-state index in [1.54, 1.807) is 6.07 Å². The van der Waals surface area contributed by atoms with Crippen molar-refractivity contribution in [2.45, 2.75) is 6.92 Å². The molecule has 0 saturated carbocycles. The third-order valence-corrected chi connectivity index (χ3v) is 2.85. The number of aromatic nitrogens is 3. The van der Waals surface area contributed by atoms with Gasteiger partial charge in [-0.05, 0) is 13.0 Å². The summed E-state index contributed by atoms with van der Waals surface area (Å²) in [5, 5.41) is 9.20. The molecule has 0 aliphatic rings. The van der Waals surface area contributed by atoms with E-state index in [1.165, 1.54) is 0 Å². The highest BCUT2D eigenvalue weighted by molar-refractivity contribution is 5.86. The predicted octanol–water partition coefficient (Wildman–Crippen LogP) is 2.12. The summed E-state index contributed by atoms with van der Waals surface area (Å²) in [6.07, 6.45) is 0. The van der Waals surface area contributed by atoms with Crippen molar-refractivity contribution >= 4 is 16.7 Å². The zero-order valence-corrected chi connectivity index (χ0v) is 9.64.